The Hall–Kier alpha value is -3.10. The fourth-order valence-electron chi connectivity index (χ4n) is 3.50. The second-order valence-electron chi connectivity index (χ2n) is 7.16. The minimum Gasteiger partial charge on any atom is -0.497 e. The van der Waals surface area contributed by atoms with Gasteiger partial charge in [0.05, 0.1) is 13.7 Å². The molecule has 0 saturated carbocycles. The van der Waals surface area contributed by atoms with E-state index in [1.54, 1.807) is 24.1 Å². The maximum Gasteiger partial charge on any atom is 0.324 e. The second kappa shape index (κ2) is 10.1. The summed E-state index contributed by atoms with van der Waals surface area (Å²) in [7, 11) is 1.61. The molecule has 2 aromatic carbocycles. The van der Waals surface area contributed by atoms with Gasteiger partial charge in [0.1, 0.15) is 5.75 Å². The number of piperazine rings is 1. The first-order chi connectivity index (χ1) is 14.5. The predicted octanol–water partition coefficient (Wildman–Crippen LogP) is 2.06. The first kappa shape index (κ1) is 21.6. The molecule has 8 heteroatoms. The average Bonchev–Trinajstić information content (AvgIpc) is 2.82. The van der Waals surface area contributed by atoms with Gasteiger partial charge in [-0.1, -0.05) is 25.1 Å². The van der Waals surface area contributed by atoms with Crippen molar-refractivity contribution < 1.29 is 14.3 Å². The molecule has 0 aromatic heterocycles. The molecule has 1 aliphatic rings. The zero-order valence-corrected chi connectivity index (χ0v) is 17.5. The molecule has 1 fully saturated rings. The topological polar surface area (TPSA) is 91.1 Å². The number of urea groups is 1. The first-order valence-electron chi connectivity index (χ1n) is 10.1. The number of nitrogens with two attached hydrogens (primary N) is 1. The molecule has 3 amide bonds. The summed E-state index contributed by atoms with van der Waals surface area (Å²) in [6.07, 6.45) is 0. The van der Waals surface area contributed by atoms with Gasteiger partial charge in [0.15, 0.2) is 0 Å². The number of hydrazine groups is 1. The number of benzene rings is 2. The van der Waals surface area contributed by atoms with Gasteiger partial charge in [0.2, 0.25) is 0 Å². The number of methoxy groups -OCH3 is 1. The Morgan fingerprint density at radius 1 is 1.10 bits per heavy atom. The van der Waals surface area contributed by atoms with E-state index in [-0.39, 0.29) is 11.9 Å². The highest BCUT2D eigenvalue weighted by atomic mass is 16.5. The SMILES string of the molecule is CCN1CCN(C(=O)N(Cc2ccc(C(=O)NN)cc2)c2cccc(OC)c2)CC1. The minimum absolute atomic E-state index is 0.0391. The molecule has 30 heavy (non-hydrogen) atoms. The Morgan fingerprint density at radius 3 is 2.40 bits per heavy atom. The molecule has 1 saturated heterocycles. The molecule has 2 aromatic rings. The molecule has 8 nitrogen and oxygen atoms in total. The quantitative estimate of drug-likeness (QED) is 0.431. The number of hydrogen-bond acceptors (Lipinski definition) is 5. The number of anilines is 1. The van der Waals surface area contributed by atoms with Crippen LogP contribution < -0.4 is 20.9 Å². The number of nitrogens with one attached hydrogen (secondary N) is 1. The third kappa shape index (κ3) is 5.08. The summed E-state index contributed by atoms with van der Waals surface area (Å²) in [6, 6.07) is 14.5. The maximum absolute atomic E-state index is 13.4. The molecule has 160 valence electrons. The highest BCUT2D eigenvalue weighted by Gasteiger charge is 2.26. The van der Waals surface area contributed by atoms with Crippen LogP contribution in [0.1, 0.15) is 22.8 Å². The zero-order chi connectivity index (χ0) is 21.5. The van der Waals surface area contributed by atoms with Crippen LogP contribution >= 0.6 is 0 Å². The van der Waals surface area contributed by atoms with Crippen molar-refractivity contribution in [2.45, 2.75) is 13.5 Å². The van der Waals surface area contributed by atoms with E-state index in [1.165, 1.54) is 0 Å². The molecule has 0 radical (unpaired) electrons. The normalized spacial score (nSPS) is 14.3. The molecule has 0 aliphatic carbocycles. The zero-order valence-electron chi connectivity index (χ0n) is 17.5. The van der Waals surface area contributed by atoms with Crippen LogP contribution in [0.5, 0.6) is 5.75 Å². The van der Waals surface area contributed by atoms with Crippen molar-refractivity contribution in [1.29, 1.82) is 0 Å². The number of rotatable bonds is 6. The molecule has 0 atom stereocenters. The van der Waals surface area contributed by atoms with E-state index in [0.29, 0.717) is 30.9 Å². The highest BCUT2D eigenvalue weighted by Crippen LogP contribution is 2.24. The molecular formula is C22H29N5O3. The van der Waals surface area contributed by atoms with Crippen molar-refractivity contribution in [2.75, 3.05) is 44.7 Å². The van der Waals surface area contributed by atoms with Gasteiger partial charge >= 0.3 is 6.03 Å². The van der Waals surface area contributed by atoms with E-state index >= 15 is 0 Å². The van der Waals surface area contributed by atoms with Crippen LogP contribution in [0.15, 0.2) is 48.5 Å². The molecule has 0 unspecified atom stereocenters. The summed E-state index contributed by atoms with van der Waals surface area (Å²) in [5.74, 6) is 5.54. The Labute approximate surface area is 177 Å². The Kier molecular flexibility index (Phi) is 7.26. The standard InChI is InChI=1S/C22H29N5O3/c1-3-25-11-13-26(14-12-25)22(29)27(19-5-4-6-20(15-19)30-2)16-17-7-9-18(10-8-17)21(28)24-23/h4-10,15H,3,11-14,16,23H2,1-2H3,(H,24,28). The van der Waals surface area contributed by atoms with Gasteiger partial charge in [-0.05, 0) is 36.4 Å². The number of carbonyl (C=O) groups excluding carboxylic acids is 2. The van der Waals surface area contributed by atoms with Gasteiger partial charge in [0.25, 0.3) is 5.91 Å². The molecule has 3 N–H and O–H groups in total. The highest BCUT2D eigenvalue weighted by molar-refractivity contribution is 5.94. The maximum atomic E-state index is 13.4. The smallest absolute Gasteiger partial charge is 0.324 e. The lowest BCUT2D eigenvalue weighted by Gasteiger charge is -2.37. The van der Waals surface area contributed by atoms with E-state index < -0.39 is 0 Å². The lowest BCUT2D eigenvalue weighted by Crippen LogP contribution is -2.52. The van der Waals surface area contributed by atoms with E-state index in [1.807, 2.05) is 41.3 Å². The fourth-order valence-corrected chi connectivity index (χ4v) is 3.50. The first-order valence-corrected chi connectivity index (χ1v) is 10.1. The van der Waals surface area contributed by atoms with E-state index in [2.05, 4.69) is 17.2 Å². The Morgan fingerprint density at radius 2 is 1.80 bits per heavy atom. The summed E-state index contributed by atoms with van der Waals surface area (Å²) in [6.45, 7) is 6.64. The van der Waals surface area contributed by atoms with Gasteiger partial charge in [-0.25, -0.2) is 10.6 Å². The van der Waals surface area contributed by atoms with Crippen LogP contribution in [-0.4, -0.2) is 61.6 Å². The number of hydrogen-bond donors (Lipinski definition) is 2. The molecule has 3 rings (SSSR count). The monoisotopic (exact) mass is 411 g/mol. The van der Waals surface area contributed by atoms with Crippen molar-refractivity contribution in [2.24, 2.45) is 5.84 Å². The third-order valence-electron chi connectivity index (χ3n) is 5.37. The van der Waals surface area contributed by atoms with Crippen molar-refractivity contribution in [3.05, 3.63) is 59.7 Å². The number of carbonyl (C=O) groups is 2. The molecule has 1 heterocycles. The summed E-state index contributed by atoms with van der Waals surface area (Å²) < 4.78 is 5.35. The van der Waals surface area contributed by atoms with Crippen molar-refractivity contribution in [1.82, 2.24) is 15.2 Å². The predicted molar refractivity (Wildman–Crippen MR) is 116 cm³/mol. The number of ether oxygens (including phenoxy) is 1. The molecule has 0 spiro atoms. The van der Waals surface area contributed by atoms with Crippen LogP contribution in [0, 0.1) is 0 Å². The van der Waals surface area contributed by atoms with Crippen LogP contribution in [0.2, 0.25) is 0 Å². The largest absolute Gasteiger partial charge is 0.497 e. The van der Waals surface area contributed by atoms with Crippen molar-refractivity contribution >= 4 is 17.6 Å². The van der Waals surface area contributed by atoms with Crippen LogP contribution in [0.4, 0.5) is 10.5 Å². The van der Waals surface area contributed by atoms with Gasteiger partial charge in [-0.3, -0.25) is 15.1 Å². The van der Waals surface area contributed by atoms with E-state index in [9.17, 15) is 9.59 Å². The minimum atomic E-state index is -0.351. The molecule has 1 aliphatic heterocycles. The number of amides is 3. The van der Waals surface area contributed by atoms with Crippen molar-refractivity contribution in [3.8, 4) is 5.75 Å². The Balaban J connectivity index is 1.84. The second-order valence-corrected chi connectivity index (χ2v) is 7.16. The summed E-state index contributed by atoms with van der Waals surface area (Å²) in [5, 5.41) is 0. The van der Waals surface area contributed by atoms with Crippen molar-refractivity contribution in [3.63, 3.8) is 0 Å². The van der Waals surface area contributed by atoms with Gasteiger partial charge < -0.3 is 14.5 Å². The van der Waals surface area contributed by atoms with E-state index in [4.69, 9.17) is 10.6 Å². The summed E-state index contributed by atoms with van der Waals surface area (Å²) in [4.78, 5) is 31.1. The average molecular weight is 412 g/mol. The molecular weight excluding hydrogens is 382 g/mol. The van der Waals surface area contributed by atoms with Crippen LogP contribution in [-0.2, 0) is 6.54 Å². The summed E-state index contributed by atoms with van der Waals surface area (Å²) in [5.41, 5.74) is 4.26. The summed E-state index contributed by atoms with van der Waals surface area (Å²) >= 11 is 0. The van der Waals surface area contributed by atoms with Gasteiger partial charge in [-0.15, -0.1) is 0 Å². The van der Waals surface area contributed by atoms with E-state index in [0.717, 1.165) is 30.9 Å². The van der Waals surface area contributed by atoms with Gasteiger partial charge in [0, 0.05) is 43.5 Å². The van der Waals surface area contributed by atoms with Crippen LogP contribution in [0.25, 0.3) is 0 Å². The number of nitrogen functional groups attached to an aromatic ring is 1. The third-order valence-corrected chi connectivity index (χ3v) is 5.37. The van der Waals surface area contributed by atoms with Crippen LogP contribution in [0.3, 0.4) is 0 Å². The van der Waals surface area contributed by atoms with Gasteiger partial charge in [-0.2, -0.15) is 0 Å². The lowest BCUT2D eigenvalue weighted by atomic mass is 10.1. The number of likely N-dealkylation sites (N-methyl/N-ethyl adjacent to an activating group) is 1. The molecule has 0 bridgehead atoms. The lowest BCUT2D eigenvalue weighted by molar-refractivity contribution is 0.0953. The number of nitrogens with zero attached hydrogens (tertiary/aromatic N) is 3. The fraction of sp³-hybridized carbons (Fsp3) is 0.364. The Bertz CT molecular complexity index is 863.